The van der Waals surface area contributed by atoms with E-state index >= 15 is 0 Å². The molecule has 8 nitrogen and oxygen atoms in total. The number of aliphatic hydroxyl groups excluding tert-OH is 1. The van der Waals surface area contributed by atoms with Gasteiger partial charge in [0.05, 0.1) is 47.3 Å². The fourth-order valence-electron chi connectivity index (χ4n) is 6.21. The first-order chi connectivity index (χ1) is 20.4. The van der Waals surface area contributed by atoms with Gasteiger partial charge in [0, 0.05) is 43.8 Å². The molecule has 0 radical (unpaired) electrons. The van der Waals surface area contributed by atoms with Crippen molar-refractivity contribution >= 4 is 33.7 Å². The Balaban J connectivity index is 1.20. The van der Waals surface area contributed by atoms with Gasteiger partial charge in [0.2, 0.25) is 0 Å². The topological polar surface area (TPSA) is 77.6 Å². The van der Waals surface area contributed by atoms with Crippen LogP contribution in [0.1, 0.15) is 54.0 Å². The fourth-order valence-corrected chi connectivity index (χ4v) is 6.37. The van der Waals surface area contributed by atoms with Gasteiger partial charge in [-0.3, -0.25) is 4.90 Å². The molecule has 42 heavy (non-hydrogen) atoms. The molecule has 1 N–H and O–H groups in total. The molecule has 7 rings (SSSR count). The van der Waals surface area contributed by atoms with Crippen molar-refractivity contribution in [1.29, 1.82) is 0 Å². The Morgan fingerprint density at radius 1 is 1.10 bits per heavy atom. The maximum absolute atomic E-state index is 14.6. The number of aliphatic hydroxyl groups is 1. The second kappa shape index (κ2) is 11.1. The number of nitrogens with zero attached hydrogens (tertiary/aromatic N) is 5. The Labute approximate surface area is 248 Å². The lowest BCUT2D eigenvalue weighted by Crippen LogP contribution is -2.38. The SMILES string of the molecule is COC(O)c1ccc2nc(CN3CCn4c(nc5c(Cc6ccc(Cl)cc6F)cccc54)[C@@H]3C)n(C[C@@H]3CCO3)c2c1. The fraction of sp³-hybridized carbons (Fsp3) is 0.375. The summed E-state index contributed by atoms with van der Waals surface area (Å²) in [7, 11) is 1.49. The highest BCUT2D eigenvalue weighted by Gasteiger charge is 2.30. The first kappa shape index (κ1) is 27.5. The molecule has 10 heteroatoms. The van der Waals surface area contributed by atoms with Crippen molar-refractivity contribution in [3.05, 3.63) is 93.8 Å². The van der Waals surface area contributed by atoms with E-state index in [0.717, 1.165) is 65.4 Å². The summed E-state index contributed by atoms with van der Waals surface area (Å²) in [5, 5.41) is 10.7. The van der Waals surface area contributed by atoms with E-state index in [1.165, 1.54) is 13.2 Å². The molecule has 3 atom stereocenters. The third kappa shape index (κ3) is 4.89. The molecule has 0 aliphatic carbocycles. The number of hydrogen-bond donors (Lipinski definition) is 1. The van der Waals surface area contributed by atoms with Gasteiger partial charge in [-0.25, -0.2) is 14.4 Å². The zero-order valence-electron chi connectivity index (χ0n) is 23.6. The number of ether oxygens (including phenoxy) is 2. The summed E-state index contributed by atoms with van der Waals surface area (Å²) >= 11 is 5.98. The lowest BCUT2D eigenvalue weighted by molar-refractivity contribution is -0.0768. The van der Waals surface area contributed by atoms with Gasteiger partial charge in [-0.05, 0) is 54.8 Å². The van der Waals surface area contributed by atoms with Crippen LogP contribution in [-0.2, 0) is 35.5 Å². The average molecular weight is 590 g/mol. The Hall–Kier alpha value is -3.34. The van der Waals surface area contributed by atoms with Crippen LogP contribution in [0.2, 0.25) is 5.02 Å². The second-order valence-corrected chi connectivity index (χ2v) is 11.7. The molecule has 2 aromatic heterocycles. The molecule has 2 aliphatic rings. The quantitative estimate of drug-likeness (QED) is 0.232. The standard InChI is InChI=1S/C32H33ClFN5O3/c1-19-31-36-30-21(14-20-6-8-23(33)16-25(20)34)4-3-5-27(30)38(31)12-11-37(19)18-29-35-26-9-7-22(32(40)41-2)15-28(26)39(29)17-24-10-13-42-24/h3-9,15-16,19,24,32,40H,10-14,17-18H2,1-2H3/t19-,24-,32?/m0/s1. The predicted molar refractivity (Wildman–Crippen MR) is 159 cm³/mol. The highest BCUT2D eigenvalue weighted by atomic mass is 35.5. The number of imidazole rings is 2. The molecule has 1 saturated heterocycles. The van der Waals surface area contributed by atoms with Crippen molar-refractivity contribution in [2.45, 2.75) is 57.8 Å². The van der Waals surface area contributed by atoms with Gasteiger partial charge in [0.1, 0.15) is 17.5 Å². The van der Waals surface area contributed by atoms with Crippen LogP contribution in [0, 0.1) is 5.82 Å². The van der Waals surface area contributed by atoms with Crippen molar-refractivity contribution in [3.8, 4) is 0 Å². The Morgan fingerprint density at radius 2 is 1.95 bits per heavy atom. The molecule has 218 valence electrons. The minimum absolute atomic E-state index is 0.0466. The van der Waals surface area contributed by atoms with Crippen molar-refractivity contribution in [2.24, 2.45) is 0 Å². The maximum Gasteiger partial charge on any atom is 0.180 e. The molecule has 0 bridgehead atoms. The van der Waals surface area contributed by atoms with Gasteiger partial charge in [-0.1, -0.05) is 35.9 Å². The van der Waals surface area contributed by atoms with Crippen LogP contribution in [0.4, 0.5) is 4.39 Å². The Kier molecular flexibility index (Phi) is 7.24. The summed E-state index contributed by atoms with van der Waals surface area (Å²) in [5.41, 5.74) is 6.11. The summed E-state index contributed by atoms with van der Waals surface area (Å²) in [5.74, 6) is 1.65. The van der Waals surface area contributed by atoms with Crippen LogP contribution < -0.4 is 0 Å². The number of rotatable bonds is 8. The molecule has 1 fully saturated rings. The van der Waals surface area contributed by atoms with E-state index in [0.29, 0.717) is 35.7 Å². The third-order valence-electron chi connectivity index (χ3n) is 8.70. The zero-order chi connectivity index (χ0) is 29.0. The normalized spacial score (nSPS) is 19.7. The minimum atomic E-state index is -0.989. The number of benzene rings is 3. The van der Waals surface area contributed by atoms with Gasteiger partial charge >= 0.3 is 0 Å². The number of halogens is 2. The highest BCUT2D eigenvalue weighted by Crippen LogP contribution is 2.33. The Morgan fingerprint density at radius 3 is 2.71 bits per heavy atom. The smallest absolute Gasteiger partial charge is 0.180 e. The van der Waals surface area contributed by atoms with Crippen LogP contribution in [0.25, 0.3) is 22.1 Å². The molecular formula is C32H33ClFN5O3. The van der Waals surface area contributed by atoms with E-state index in [4.69, 9.17) is 31.0 Å². The molecule has 0 amide bonds. The van der Waals surface area contributed by atoms with E-state index in [9.17, 15) is 9.50 Å². The summed E-state index contributed by atoms with van der Waals surface area (Å²) in [6.45, 7) is 5.97. The molecule has 2 aliphatic heterocycles. The van der Waals surface area contributed by atoms with Gasteiger partial charge in [0.25, 0.3) is 0 Å². The zero-order valence-corrected chi connectivity index (χ0v) is 24.4. The van der Waals surface area contributed by atoms with Crippen LogP contribution >= 0.6 is 11.6 Å². The molecule has 3 aromatic carbocycles. The lowest BCUT2D eigenvalue weighted by atomic mass is 10.0. The van der Waals surface area contributed by atoms with Gasteiger partial charge in [0.15, 0.2) is 6.29 Å². The number of fused-ring (bicyclic) bond motifs is 4. The van der Waals surface area contributed by atoms with Crippen molar-refractivity contribution in [3.63, 3.8) is 0 Å². The van der Waals surface area contributed by atoms with Crippen LogP contribution in [0.3, 0.4) is 0 Å². The first-order valence-electron chi connectivity index (χ1n) is 14.4. The number of aromatic nitrogens is 4. The maximum atomic E-state index is 14.6. The summed E-state index contributed by atoms with van der Waals surface area (Å²) in [6, 6.07) is 16.8. The van der Waals surface area contributed by atoms with Gasteiger partial charge in [-0.2, -0.15) is 0 Å². The van der Waals surface area contributed by atoms with E-state index in [1.807, 2.05) is 30.3 Å². The van der Waals surface area contributed by atoms with Crippen LogP contribution in [-0.4, -0.2) is 55.5 Å². The van der Waals surface area contributed by atoms with E-state index in [-0.39, 0.29) is 18.0 Å². The van der Waals surface area contributed by atoms with Crippen LogP contribution in [0.15, 0.2) is 54.6 Å². The van der Waals surface area contributed by atoms with E-state index < -0.39 is 6.29 Å². The third-order valence-corrected chi connectivity index (χ3v) is 8.94. The van der Waals surface area contributed by atoms with E-state index in [2.05, 4.69) is 27.0 Å². The van der Waals surface area contributed by atoms with E-state index in [1.54, 1.807) is 12.1 Å². The summed E-state index contributed by atoms with van der Waals surface area (Å²) in [6.07, 6.45) is 0.634. The predicted octanol–water partition coefficient (Wildman–Crippen LogP) is 5.77. The van der Waals surface area contributed by atoms with Crippen molar-refractivity contribution in [2.75, 3.05) is 20.3 Å². The molecular weight excluding hydrogens is 557 g/mol. The first-order valence-corrected chi connectivity index (χ1v) is 14.7. The highest BCUT2D eigenvalue weighted by molar-refractivity contribution is 6.30. The lowest BCUT2D eigenvalue weighted by Gasteiger charge is -2.34. The summed E-state index contributed by atoms with van der Waals surface area (Å²) < 4.78 is 30.1. The molecule has 0 spiro atoms. The molecule has 1 unspecified atom stereocenters. The van der Waals surface area contributed by atoms with Crippen molar-refractivity contribution in [1.82, 2.24) is 24.0 Å². The van der Waals surface area contributed by atoms with Gasteiger partial charge < -0.3 is 23.7 Å². The summed E-state index contributed by atoms with van der Waals surface area (Å²) in [4.78, 5) is 12.6. The molecule has 4 heterocycles. The number of hydrogen-bond acceptors (Lipinski definition) is 6. The number of methoxy groups -OCH3 is 1. The monoisotopic (exact) mass is 589 g/mol. The van der Waals surface area contributed by atoms with Gasteiger partial charge in [-0.15, -0.1) is 0 Å². The van der Waals surface area contributed by atoms with Crippen molar-refractivity contribution < 1.29 is 19.0 Å². The molecule has 0 saturated carbocycles. The average Bonchev–Trinajstić information content (AvgIpc) is 3.51. The number of para-hydroxylation sites is 1. The Bertz CT molecular complexity index is 1780. The van der Waals surface area contributed by atoms with Crippen LogP contribution in [0.5, 0.6) is 0 Å². The molecule has 5 aromatic rings. The minimum Gasteiger partial charge on any atom is -0.376 e. The largest absolute Gasteiger partial charge is 0.376 e. The second-order valence-electron chi connectivity index (χ2n) is 11.2.